The van der Waals surface area contributed by atoms with E-state index in [1.54, 1.807) is 12.1 Å². The number of halogens is 2. The van der Waals surface area contributed by atoms with E-state index in [0.29, 0.717) is 24.0 Å². The molecule has 0 atom stereocenters. The van der Waals surface area contributed by atoms with Crippen molar-refractivity contribution < 1.29 is 18.7 Å². The zero-order chi connectivity index (χ0) is 19.3. The van der Waals surface area contributed by atoms with Crippen LogP contribution < -0.4 is 14.8 Å². The summed E-state index contributed by atoms with van der Waals surface area (Å²) >= 11 is 6.27. The summed E-state index contributed by atoms with van der Waals surface area (Å²) in [5, 5.41) is 2.82. The first-order valence-electron chi connectivity index (χ1n) is 8.39. The summed E-state index contributed by atoms with van der Waals surface area (Å²) in [5.41, 5.74) is 1.21. The summed E-state index contributed by atoms with van der Waals surface area (Å²) in [4.78, 5) is 12.5. The number of hydrogen-bond donors (Lipinski definition) is 1. The highest BCUT2D eigenvalue weighted by Crippen LogP contribution is 2.37. The predicted molar refractivity (Wildman–Crippen MR) is 102 cm³/mol. The van der Waals surface area contributed by atoms with Crippen LogP contribution in [0.15, 0.2) is 30.3 Å². The minimum absolute atomic E-state index is 0.113. The fourth-order valence-corrected chi connectivity index (χ4v) is 2.58. The molecule has 0 spiro atoms. The molecule has 0 saturated heterocycles. The number of ether oxygens (including phenoxy) is 2. The van der Waals surface area contributed by atoms with Crippen LogP contribution in [0.4, 0.5) is 10.1 Å². The highest BCUT2D eigenvalue weighted by Gasteiger charge is 2.17. The second kappa shape index (κ2) is 8.90. The minimum atomic E-state index is -0.504. The Labute approximate surface area is 158 Å². The molecule has 0 unspecified atom stereocenters. The van der Waals surface area contributed by atoms with Crippen molar-refractivity contribution in [3.63, 3.8) is 0 Å². The van der Waals surface area contributed by atoms with Gasteiger partial charge >= 0.3 is 0 Å². The van der Waals surface area contributed by atoms with Crippen molar-refractivity contribution in [1.82, 2.24) is 0 Å². The van der Waals surface area contributed by atoms with Gasteiger partial charge in [0, 0.05) is 5.56 Å². The molecule has 2 rings (SSSR count). The lowest BCUT2D eigenvalue weighted by molar-refractivity contribution is 0.102. The molecule has 4 nitrogen and oxygen atoms in total. The quantitative estimate of drug-likeness (QED) is 0.693. The summed E-state index contributed by atoms with van der Waals surface area (Å²) in [5.74, 6) is 0.261. The van der Waals surface area contributed by atoms with Gasteiger partial charge in [0.15, 0.2) is 11.5 Å². The highest BCUT2D eigenvalue weighted by molar-refractivity contribution is 6.32. The van der Waals surface area contributed by atoms with Crippen molar-refractivity contribution >= 4 is 23.2 Å². The molecule has 140 valence electrons. The lowest BCUT2D eigenvalue weighted by Gasteiger charge is -2.15. The lowest BCUT2D eigenvalue weighted by Crippen LogP contribution is -2.14. The zero-order valence-corrected chi connectivity index (χ0v) is 16.1. The average molecular weight is 380 g/mol. The van der Waals surface area contributed by atoms with E-state index in [9.17, 15) is 9.18 Å². The first kappa shape index (κ1) is 20.0. The molecule has 0 aliphatic rings. The van der Waals surface area contributed by atoms with Crippen molar-refractivity contribution in [2.75, 3.05) is 19.0 Å². The molecule has 26 heavy (non-hydrogen) atoms. The Bertz CT molecular complexity index is 793. The van der Waals surface area contributed by atoms with Crippen LogP contribution >= 0.6 is 11.6 Å². The number of nitrogens with one attached hydrogen (secondary N) is 1. The van der Waals surface area contributed by atoms with E-state index in [2.05, 4.69) is 19.2 Å². The molecule has 0 heterocycles. The standard InChI is InChI=1S/C20H23ClFNO3/c1-12(2)7-8-26-19-15(21)10-14(11-18(19)25-4)20(24)23-17-9-13(3)5-6-16(17)22/h5-6,9-12H,7-8H2,1-4H3,(H,23,24). The molecule has 0 saturated carbocycles. The smallest absolute Gasteiger partial charge is 0.255 e. The topological polar surface area (TPSA) is 47.6 Å². The third-order valence-corrected chi connectivity index (χ3v) is 4.08. The minimum Gasteiger partial charge on any atom is -0.493 e. The normalized spacial score (nSPS) is 10.7. The number of amides is 1. The van der Waals surface area contributed by atoms with Crippen LogP contribution in [0.3, 0.4) is 0 Å². The zero-order valence-electron chi connectivity index (χ0n) is 15.4. The molecule has 0 radical (unpaired) electrons. The maximum atomic E-state index is 13.9. The molecule has 2 aromatic rings. The molecule has 0 bridgehead atoms. The molecule has 0 aromatic heterocycles. The monoisotopic (exact) mass is 379 g/mol. The van der Waals surface area contributed by atoms with E-state index in [-0.39, 0.29) is 16.3 Å². The van der Waals surface area contributed by atoms with Crippen molar-refractivity contribution in [3.05, 3.63) is 52.3 Å². The number of anilines is 1. The molecule has 6 heteroatoms. The third-order valence-electron chi connectivity index (χ3n) is 3.80. The number of benzene rings is 2. The first-order valence-corrected chi connectivity index (χ1v) is 8.77. The van der Waals surface area contributed by atoms with Gasteiger partial charge in [0.2, 0.25) is 0 Å². The summed E-state index contributed by atoms with van der Waals surface area (Å²) in [6.45, 7) is 6.51. The number of methoxy groups -OCH3 is 1. The molecule has 0 aliphatic carbocycles. The van der Waals surface area contributed by atoms with Gasteiger partial charge < -0.3 is 14.8 Å². The van der Waals surface area contributed by atoms with E-state index in [1.807, 2.05) is 6.92 Å². The van der Waals surface area contributed by atoms with Crippen LogP contribution in [0, 0.1) is 18.7 Å². The Morgan fingerprint density at radius 1 is 1.27 bits per heavy atom. The van der Waals surface area contributed by atoms with Crippen LogP contribution in [0.2, 0.25) is 5.02 Å². The van der Waals surface area contributed by atoms with Crippen molar-refractivity contribution in [1.29, 1.82) is 0 Å². The Balaban J connectivity index is 2.22. The van der Waals surface area contributed by atoms with Gasteiger partial charge in [-0.05, 0) is 49.1 Å². The van der Waals surface area contributed by atoms with Gasteiger partial charge in [-0.1, -0.05) is 31.5 Å². The van der Waals surface area contributed by atoms with Crippen molar-refractivity contribution in [3.8, 4) is 11.5 Å². The summed E-state index contributed by atoms with van der Waals surface area (Å²) in [6, 6.07) is 7.52. The average Bonchev–Trinajstić information content (AvgIpc) is 2.58. The van der Waals surface area contributed by atoms with E-state index in [4.69, 9.17) is 21.1 Å². The third kappa shape index (κ3) is 5.11. The SMILES string of the molecule is COc1cc(C(=O)Nc2cc(C)ccc2F)cc(Cl)c1OCCC(C)C. The van der Waals surface area contributed by atoms with Gasteiger partial charge in [-0.25, -0.2) is 4.39 Å². The van der Waals surface area contributed by atoms with Crippen molar-refractivity contribution in [2.24, 2.45) is 5.92 Å². The number of rotatable bonds is 7. The Morgan fingerprint density at radius 3 is 2.65 bits per heavy atom. The van der Waals surface area contributed by atoms with E-state index < -0.39 is 11.7 Å². The van der Waals surface area contributed by atoms with Crippen LogP contribution in [-0.2, 0) is 0 Å². The van der Waals surface area contributed by atoms with Gasteiger partial charge in [-0.2, -0.15) is 0 Å². The molecule has 2 aromatic carbocycles. The molecule has 1 amide bonds. The summed E-state index contributed by atoms with van der Waals surface area (Å²) < 4.78 is 24.9. The second-order valence-corrected chi connectivity index (χ2v) is 6.87. The summed E-state index contributed by atoms with van der Waals surface area (Å²) in [7, 11) is 1.48. The molecule has 0 fully saturated rings. The largest absolute Gasteiger partial charge is 0.493 e. The van der Waals surface area contributed by atoms with Gasteiger partial charge in [0.25, 0.3) is 5.91 Å². The number of hydrogen-bond acceptors (Lipinski definition) is 3. The fraction of sp³-hybridized carbons (Fsp3) is 0.350. The number of carbonyl (C=O) groups is 1. The van der Waals surface area contributed by atoms with Crippen molar-refractivity contribution in [2.45, 2.75) is 27.2 Å². The van der Waals surface area contributed by atoms with Gasteiger partial charge in [0.05, 0.1) is 24.4 Å². The summed E-state index contributed by atoms with van der Waals surface area (Å²) in [6.07, 6.45) is 0.869. The first-order chi connectivity index (χ1) is 12.3. The maximum absolute atomic E-state index is 13.9. The number of aryl methyl sites for hydroxylation is 1. The van der Waals surface area contributed by atoms with Crippen LogP contribution in [-0.4, -0.2) is 19.6 Å². The van der Waals surface area contributed by atoms with Gasteiger partial charge in [0.1, 0.15) is 5.82 Å². The molecular weight excluding hydrogens is 357 g/mol. The van der Waals surface area contributed by atoms with E-state index in [0.717, 1.165) is 12.0 Å². The van der Waals surface area contributed by atoms with Gasteiger partial charge in [-0.3, -0.25) is 4.79 Å². The second-order valence-electron chi connectivity index (χ2n) is 6.46. The molecular formula is C20H23ClFNO3. The maximum Gasteiger partial charge on any atom is 0.255 e. The van der Waals surface area contributed by atoms with E-state index in [1.165, 1.54) is 25.3 Å². The fourth-order valence-electron chi connectivity index (χ4n) is 2.32. The Hall–Kier alpha value is -2.27. The Kier molecular flexibility index (Phi) is 6.86. The molecule has 0 aliphatic heterocycles. The van der Waals surface area contributed by atoms with Crippen LogP contribution in [0.5, 0.6) is 11.5 Å². The lowest BCUT2D eigenvalue weighted by atomic mass is 10.1. The van der Waals surface area contributed by atoms with Gasteiger partial charge in [-0.15, -0.1) is 0 Å². The predicted octanol–water partition coefficient (Wildman–Crippen LogP) is 5.47. The molecule has 1 N–H and O–H groups in total. The Morgan fingerprint density at radius 2 is 2.00 bits per heavy atom. The van der Waals surface area contributed by atoms with E-state index >= 15 is 0 Å². The van der Waals surface area contributed by atoms with Crippen LogP contribution in [0.1, 0.15) is 36.2 Å². The number of carbonyl (C=O) groups excluding carboxylic acids is 1. The highest BCUT2D eigenvalue weighted by atomic mass is 35.5. The van der Waals surface area contributed by atoms with Crippen LogP contribution in [0.25, 0.3) is 0 Å².